The highest BCUT2D eigenvalue weighted by atomic mass is 35.5. The molecular weight excluding hydrogens is 402 g/mol. The number of rotatable bonds is 3. The molecular formula is C22H26ClN5O2. The highest BCUT2D eigenvalue weighted by Crippen LogP contribution is 2.44. The Morgan fingerprint density at radius 1 is 1.13 bits per heavy atom. The molecule has 0 radical (unpaired) electrons. The molecule has 2 aliphatic rings. The zero-order valence-corrected chi connectivity index (χ0v) is 18.2. The van der Waals surface area contributed by atoms with E-state index in [2.05, 4.69) is 34.2 Å². The molecule has 4 heterocycles. The van der Waals surface area contributed by atoms with Crippen LogP contribution < -0.4 is 4.74 Å². The van der Waals surface area contributed by atoms with Crippen molar-refractivity contribution in [3.05, 3.63) is 59.5 Å². The van der Waals surface area contributed by atoms with Crippen LogP contribution in [-0.4, -0.2) is 64.1 Å². The van der Waals surface area contributed by atoms with E-state index in [9.17, 15) is 4.79 Å². The fourth-order valence-corrected chi connectivity index (χ4v) is 5.10. The third-order valence-electron chi connectivity index (χ3n) is 6.53. The van der Waals surface area contributed by atoms with E-state index in [1.807, 2.05) is 30.0 Å². The average molecular weight is 428 g/mol. The van der Waals surface area contributed by atoms with Crippen molar-refractivity contribution < 1.29 is 9.53 Å². The number of halogens is 1. The highest BCUT2D eigenvalue weighted by Gasteiger charge is 2.47. The quantitative estimate of drug-likeness (QED) is 0.643. The average Bonchev–Trinajstić information content (AvgIpc) is 3.42. The van der Waals surface area contributed by atoms with Gasteiger partial charge in [0.25, 0.3) is 5.91 Å². The predicted octanol–water partition coefficient (Wildman–Crippen LogP) is 2.84. The second-order valence-corrected chi connectivity index (χ2v) is 8.15. The van der Waals surface area contributed by atoms with Crippen LogP contribution in [0.5, 0.6) is 5.75 Å². The van der Waals surface area contributed by atoms with Gasteiger partial charge in [0.1, 0.15) is 5.75 Å². The number of hydrogen-bond donors (Lipinski definition) is 0. The first-order chi connectivity index (χ1) is 14.1. The van der Waals surface area contributed by atoms with Crippen molar-refractivity contribution in [1.29, 1.82) is 0 Å². The summed E-state index contributed by atoms with van der Waals surface area (Å²) in [6, 6.07) is 10.5. The number of carbonyl (C=O) groups excluding carboxylic acids is 1. The lowest BCUT2D eigenvalue weighted by molar-refractivity contribution is 0.0766. The van der Waals surface area contributed by atoms with Crippen LogP contribution in [0.4, 0.5) is 0 Å². The molecule has 0 saturated carbocycles. The molecule has 2 saturated heterocycles. The van der Waals surface area contributed by atoms with Gasteiger partial charge >= 0.3 is 0 Å². The van der Waals surface area contributed by atoms with Gasteiger partial charge in [-0.05, 0) is 37.6 Å². The molecule has 5 rings (SSSR count). The van der Waals surface area contributed by atoms with Crippen molar-refractivity contribution >= 4 is 24.0 Å². The lowest BCUT2D eigenvalue weighted by atomic mass is 9.89. The van der Waals surface area contributed by atoms with E-state index in [4.69, 9.17) is 4.74 Å². The van der Waals surface area contributed by atoms with Crippen LogP contribution in [0.3, 0.4) is 0 Å². The zero-order valence-electron chi connectivity index (χ0n) is 17.4. The first kappa shape index (κ1) is 20.6. The summed E-state index contributed by atoms with van der Waals surface area (Å²) in [5, 5.41) is 4.29. The highest BCUT2D eigenvalue weighted by molar-refractivity contribution is 5.95. The number of benzene rings is 1. The van der Waals surface area contributed by atoms with Gasteiger partial charge in [-0.3, -0.25) is 9.69 Å². The standard InChI is InChI=1S/C22H25N5O2.ClH/c1-14-18(10-23-20-8-9-24-27(14)20)22(28)26-12-16-11-25(2)21(19(16)13-26)15-4-6-17(29-3)7-5-15;/h4-10,16,19,21H,11-13H2,1-3H3;1H/t16-,19+,21+;/m0./s1. The number of amides is 1. The van der Waals surface area contributed by atoms with Crippen LogP contribution in [0, 0.1) is 18.8 Å². The van der Waals surface area contributed by atoms with E-state index in [1.54, 1.807) is 24.0 Å². The summed E-state index contributed by atoms with van der Waals surface area (Å²) in [7, 11) is 3.86. The number of hydrogen-bond acceptors (Lipinski definition) is 5. The molecule has 7 nitrogen and oxygen atoms in total. The van der Waals surface area contributed by atoms with Crippen molar-refractivity contribution in [2.45, 2.75) is 13.0 Å². The predicted molar refractivity (Wildman–Crippen MR) is 116 cm³/mol. The molecule has 0 bridgehead atoms. The van der Waals surface area contributed by atoms with Crippen molar-refractivity contribution in [2.75, 3.05) is 33.8 Å². The van der Waals surface area contributed by atoms with Gasteiger partial charge in [-0.2, -0.15) is 5.10 Å². The van der Waals surface area contributed by atoms with Crippen LogP contribution in [-0.2, 0) is 0 Å². The monoisotopic (exact) mass is 427 g/mol. The van der Waals surface area contributed by atoms with E-state index in [1.165, 1.54) is 5.56 Å². The van der Waals surface area contributed by atoms with Gasteiger partial charge in [-0.25, -0.2) is 9.50 Å². The Morgan fingerprint density at radius 2 is 1.90 bits per heavy atom. The zero-order chi connectivity index (χ0) is 20.1. The Bertz CT molecular complexity index is 1070. The fourth-order valence-electron chi connectivity index (χ4n) is 5.10. The molecule has 0 aliphatic carbocycles. The molecule has 2 aliphatic heterocycles. The fraction of sp³-hybridized carbons (Fsp3) is 0.409. The van der Waals surface area contributed by atoms with Crippen molar-refractivity contribution in [1.82, 2.24) is 24.4 Å². The lowest BCUT2D eigenvalue weighted by Gasteiger charge is -2.27. The second-order valence-electron chi connectivity index (χ2n) is 8.15. The first-order valence-electron chi connectivity index (χ1n) is 9.99. The second kappa shape index (κ2) is 7.89. The Kier molecular flexibility index (Phi) is 5.42. The smallest absolute Gasteiger partial charge is 0.257 e. The maximum atomic E-state index is 13.3. The minimum atomic E-state index is 0. The summed E-state index contributed by atoms with van der Waals surface area (Å²) >= 11 is 0. The molecule has 3 aromatic rings. The first-order valence-corrected chi connectivity index (χ1v) is 9.99. The number of nitrogens with zero attached hydrogens (tertiary/aromatic N) is 5. The summed E-state index contributed by atoms with van der Waals surface area (Å²) in [6.07, 6.45) is 3.40. The van der Waals surface area contributed by atoms with Gasteiger partial charge in [0.05, 0.1) is 24.6 Å². The van der Waals surface area contributed by atoms with Crippen LogP contribution in [0.15, 0.2) is 42.7 Å². The van der Waals surface area contributed by atoms with E-state index in [-0.39, 0.29) is 18.3 Å². The molecule has 0 spiro atoms. The van der Waals surface area contributed by atoms with Gasteiger partial charge < -0.3 is 9.64 Å². The number of carbonyl (C=O) groups is 1. The number of aryl methyl sites for hydroxylation is 1. The summed E-state index contributed by atoms with van der Waals surface area (Å²) in [5.41, 5.74) is 3.52. The molecule has 1 amide bonds. The maximum absolute atomic E-state index is 13.3. The molecule has 1 aromatic carbocycles. The van der Waals surface area contributed by atoms with Crippen LogP contribution in [0.25, 0.3) is 5.65 Å². The van der Waals surface area contributed by atoms with E-state index >= 15 is 0 Å². The lowest BCUT2D eigenvalue weighted by Crippen LogP contribution is -2.34. The molecule has 8 heteroatoms. The summed E-state index contributed by atoms with van der Waals surface area (Å²) < 4.78 is 7.03. The van der Waals surface area contributed by atoms with Crippen LogP contribution in [0.1, 0.15) is 27.7 Å². The summed E-state index contributed by atoms with van der Waals surface area (Å²) in [6.45, 7) is 4.48. The topological polar surface area (TPSA) is 63.0 Å². The number of likely N-dealkylation sites (tertiary alicyclic amines) is 2. The summed E-state index contributed by atoms with van der Waals surface area (Å²) in [4.78, 5) is 22.1. The van der Waals surface area contributed by atoms with E-state index in [0.29, 0.717) is 23.4 Å². The van der Waals surface area contributed by atoms with Crippen molar-refractivity contribution in [2.24, 2.45) is 11.8 Å². The Hall–Kier alpha value is -2.64. The van der Waals surface area contributed by atoms with Crippen LogP contribution >= 0.6 is 12.4 Å². The molecule has 0 unspecified atom stereocenters. The molecule has 3 atom stereocenters. The van der Waals surface area contributed by atoms with E-state index in [0.717, 1.165) is 36.7 Å². The van der Waals surface area contributed by atoms with Gasteiger partial charge in [-0.15, -0.1) is 12.4 Å². The molecule has 2 fully saturated rings. The Morgan fingerprint density at radius 3 is 2.63 bits per heavy atom. The van der Waals surface area contributed by atoms with Crippen LogP contribution in [0.2, 0.25) is 0 Å². The van der Waals surface area contributed by atoms with Gasteiger partial charge in [0.2, 0.25) is 0 Å². The minimum absolute atomic E-state index is 0. The number of ether oxygens (including phenoxy) is 1. The Balaban J connectivity index is 0.00000218. The number of methoxy groups -OCH3 is 1. The molecule has 30 heavy (non-hydrogen) atoms. The van der Waals surface area contributed by atoms with Crippen molar-refractivity contribution in [3.63, 3.8) is 0 Å². The maximum Gasteiger partial charge on any atom is 0.257 e. The van der Waals surface area contributed by atoms with Gasteiger partial charge in [-0.1, -0.05) is 12.1 Å². The largest absolute Gasteiger partial charge is 0.497 e. The van der Waals surface area contributed by atoms with E-state index < -0.39 is 0 Å². The number of fused-ring (bicyclic) bond motifs is 2. The van der Waals surface area contributed by atoms with Crippen molar-refractivity contribution in [3.8, 4) is 5.75 Å². The minimum Gasteiger partial charge on any atom is -0.497 e. The third-order valence-corrected chi connectivity index (χ3v) is 6.53. The SMILES string of the molecule is COc1ccc([C@@H]2[C@@H]3CN(C(=O)c4cnc5ccnn5c4C)C[C@@H]3CN2C)cc1.Cl. The molecule has 158 valence electrons. The Labute approximate surface area is 182 Å². The molecule has 2 aromatic heterocycles. The third kappa shape index (κ3) is 3.22. The van der Waals surface area contributed by atoms with Gasteiger partial charge in [0, 0.05) is 43.9 Å². The number of aromatic nitrogens is 3. The molecule has 0 N–H and O–H groups in total. The summed E-state index contributed by atoms with van der Waals surface area (Å²) in [5.74, 6) is 1.83. The normalized spacial score (nSPS) is 23.4. The van der Waals surface area contributed by atoms with Gasteiger partial charge in [0.15, 0.2) is 5.65 Å².